The number of carbonyl (C=O) groups excluding carboxylic acids is 1. The van der Waals surface area contributed by atoms with Gasteiger partial charge >= 0.3 is 5.97 Å². The predicted molar refractivity (Wildman–Crippen MR) is 94.5 cm³/mol. The molecule has 0 spiro atoms. The maximum Gasteiger partial charge on any atom is 0.333 e. The fraction of sp³-hybridized carbons (Fsp3) is 0.438. The average Bonchev–Trinajstić information content (AvgIpc) is 3.32. The first-order valence-electron chi connectivity index (χ1n) is 8.72. The number of benzene rings is 1. The van der Waals surface area contributed by atoms with Crippen LogP contribution in [-0.4, -0.2) is 70.9 Å². The average molecular weight is 371 g/mol. The van der Waals surface area contributed by atoms with Crippen molar-refractivity contribution >= 4 is 5.97 Å². The molecule has 11 heteroatoms. The molecule has 0 fully saturated rings. The smallest absolute Gasteiger partial charge is 0.333 e. The van der Waals surface area contributed by atoms with E-state index in [1.807, 2.05) is 6.07 Å². The molecular weight excluding hydrogens is 350 g/mol. The summed E-state index contributed by atoms with van der Waals surface area (Å²) in [6, 6.07) is 8.82. The summed E-state index contributed by atoms with van der Waals surface area (Å²) in [7, 11) is 0. The third-order valence-corrected chi connectivity index (χ3v) is 4.04. The molecule has 0 atom stereocenters. The quantitative estimate of drug-likeness (QED) is 0.386. The highest BCUT2D eigenvalue weighted by atomic mass is 16.5. The Kier molecular flexibility index (Phi) is 6.15. The van der Waals surface area contributed by atoms with Gasteiger partial charge in [0.1, 0.15) is 12.3 Å². The Bertz CT molecular complexity index is 858. The summed E-state index contributed by atoms with van der Waals surface area (Å²) in [6.07, 6.45) is 0. The van der Waals surface area contributed by atoms with E-state index in [1.54, 1.807) is 28.9 Å². The fourth-order valence-corrected chi connectivity index (χ4v) is 2.54. The maximum atomic E-state index is 12.2. The van der Waals surface area contributed by atoms with Crippen molar-refractivity contribution in [1.82, 2.24) is 45.3 Å². The monoisotopic (exact) mass is 371 g/mol. The molecule has 0 amide bonds. The Hall–Kier alpha value is -3.21. The second-order valence-electron chi connectivity index (χ2n) is 5.70. The van der Waals surface area contributed by atoms with E-state index in [0.717, 1.165) is 19.6 Å². The van der Waals surface area contributed by atoms with Crippen molar-refractivity contribution in [1.29, 1.82) is 0 Å². The second-order valence-corrected chi connectivity index (χ2v) is 5.70. The second kappa shape index (κ2) is 8.94. The first-order chi connectivity index (χ1) is 13.2. The van der Waals surface area contributed by atoms with E-state index in [1.165, 1.54) is 4.68 Å². The van der Waals surface area contributed by atoms with Gasteiger partial charge in [0.05, 0.1) is 6.54 Å². The minimum atomic E-state index is -0.489. The Labute approximate surface area is 155 Å². The van der Waals surface area contributed by atoms with Gasteiger partial charge in [-0.25, -0.2) is 14.2 Å². The summed E-state index contributed by atoms with van der Waals surface area (Å²) >= 11 is 0. The van der Waals surface area contributed by atoms with Crippen molar-refractivity contribution in [2.45, 2.75) is 26.9 Å². The first kappa shape index (κ1) is 18.6. The zero-order chi connectivity index (χ0) is 19.1. The van der Waals surface area contributed by atoms with Crippen molar-refractivity contribution in [2.24, 2.45) is 0 Å². The van der Waals surface area contributed by atoms with Crippen LogP contribution in [0.2, 0.25) is 0 Å². The van der Waals surface area contributed by atoms with Crippen LogP contribution in [0.4, 0.5) is 0 Å². The zero-order valence-electron chi connectivity index (χ0n) is 15.3. The third kappa shape index (κ3) is 4.70. The molecule has 2 aromatic heterocycles. The lowest BCUT2D eigenvalue weighted by Crippen LogP contribution is -2.27. The van der Waals surface area contributed by atoms with Crippen LogP contribution in [0.25, 0.3) is 11.6 Å². The SMILES string of the molecule is CCN(CC)CCn1nnnc1-c1nnnn1CC(=O)Oc1ccccc1. The Morgan fingerprint density at radius 2 is 1.63 bits per heavy atom. The van der Waals surface area contributed by atoms with E-state index in [0.29, 0.717) is 23.9 Å². The summed E-state index contributed by atoms with van der Waals surface area (Å²) in [5.74, 6) is 0.683. The van der Waals surface area contributed by atoms with Gasteiger partial charge in [0, 0.05) is 6.54 Å². The van der Waals surface area contributed by atoms with Crippen LogP contribution in [0.1, 0.15) is 13.8 Å². The Balaban J connectivity index is 1.70. The summed E-state index contributed by atoms with van der Waals surface area (Å²) in [4.78, 5) is 14.4. The molecule has 0 aliphatic carbocycles. The fourth-order valence-electron chi connectivity index (χ4n) is 2.54. The van der Waals surface area contributed by atoms with Crippen LogP contribution in [0, 0.1) is 0 Å². The van der Waals surface area contributed by atoms with Crippen molar-refractivity contribution in [2.75, 3.05) is 19.6 Å². The standard InChI is InChI=1S/C16H21N9O2/c1-3-23(4-2)10-11-24-15(17-19-21-24)16-18-20-22-25(16)12-14(26)27-13-8-6-5-7-9-13/h5-9H,3-4,10-12H2,1-2H3. The maximum absolute atomic E-state index is 12.2. The number of rotatable bonds is 9. The molecule has 2 heterocycles. The van der Waals surface area contributed by atoms with E-state index in [9.17, 15) is 4.79 Å². The molecule has 0 N–H and O–H groups in total. The van der Waals surface area contributed by atoms with Gasteiger partial charge in [-0.15, -0.1) is 10.2 Å². The molecule has 3 rings (SSSR count). The van der Waals surface area contributed by atoms with Crippen LogP contribution >= 0.6 is 0 Å². The van der Waals surface area contributed by atoms with Crippen molar-refractivity contribution in [3.05, 3.63) is 30.3 Å². The molecule has 142 valence electrons. The molecule has 0 radical (unpaired) electrons. The van der Waals surface area contributed by atoms with Gasteiger partial charge in [-0.2, -0.15) is 0 Å². The lowest BCUT2D eigenvalue weighted by atomic mass is 10.3. The normalized spacial score (nSPS) is 11.1. The van der Waals surface area contributed by atoms with Crippen LogP contribution in [0.5, 0.6) is 5.75 Å². The molecule has 3 aromatic rings. The van der Waals surface area contributed by atoms with E-state index >= 15 is 0 Å². The molecule has 1 aromatic carbocycles. The number of hydrogen-bond donors (Lipinski definition) is 0. The largest absolute Gasteiger partial charge is 0.425 e. The van der Waals surface area contributed by atoms with Gasteiger partial charge in [-0.1, -0.05) is 32.0 Å². The van der Waals surface area contributed by atoms with Gasteiger partial charge in [0.15, 0.2) is 0 Å². The van der Waals surface area contributed by atoms with E-state index in [2.05, 4.69) is 49.8 Å². The van der Waals surface area contributed by atoms with Gasteiger partial charge in [0.25, 0.3) is 0 Å². The summed E-state index contributed by atoms with van der Waals surface area (Å²) in [5.41, 5.74) is 0. The Morgan fingerprint density at radius 3 is 2.30 bits per heavy atom. The van der Waals surface area contributed by atoms with E-state index in [4.69, 9.17) is 4.74 Å². The number of para-hydroxylation sites is 1. The van der Waals surface area contributed by atoms with E-state index < -0.39 is 5.97 Å². The summed E-state index contributed by atoms with van der Waals surface area (Å²) in [5, 5.41) is 23.2. The lowest BCUT2D eigenvalue weighted by molar-refractivity contribution is -0.135. The molecular formula is C16H21N9O2. The van der Waals surface area contributed by atoms with Gasteiger partial charge < -0.3 is 9.64 Å². The van der Waals surface area contributed by atoms with Crippen LogP contribution in [-0.2, 0) is 17.9 Å². The third-order valence-electron chi connectivity index (χ3n) is 4.04. The molecule has 27 heavy (non-hydrogen) atoms. The molecule has 0 saturated carbocycles. The van der Waals surface area contributed by atoms with Gasteiger partial charge in [-0.3, -0.25) is 0 Å². The number of nitrogens with zero attached hydrogens (tertiary/aromatic N) is 9. The molecule has 11 nitrogen and oxygen atoms in total. The topological polar surface area (TPSA) is 117 Å². The van der Waals surface area contributed by atoms with Crippen molar-refractivity contribution < 1.29 is 9.53 Å². The summed E-state index contributed by atoms with van der Waals surface area (Å²) < 4.78 is 8.23. The molecule has 0 bridgehead atoms. The van der Waals surface area contributed by atoms with Gasteiger partial charge in [0.2, 0.25) is 11.6 Å². The predicted octanol–water partition coefficient (Wildman–Crippen LogP) is 0.274. The van der Waals surface area contributed by atoms with Crippen LogP contribution < -0.4 is 4.74 Å². The highest BCUT2D eigenvalue weighted by Crippen LogP contribution is 2.13. The minimum absolute atomic E-state index is 0.153. The highest BCUT2D eigenvalue weighted by molar-refractivity contribution is 5.72. The number of likely N-dealkylation sites (N-methyl/N-ethyl adjacent to an activating group) is 1. The summed E-state index contributed by atoms with van der Waals surface area (Å²) in [6.45, 7) is 7.31. The molecule has 0 aliphatic rings. The van der Waals surface area contributed by atoms with E-state index in [-0.39, 0.29) is 6.54 Å². The number of hydrogen-bond acceptors (Lipinski definition) is 9. The van der Waals surface area contributed by atoms with Crippen molar-refractivity contribution in [3.8, 4) is 17.4 Å². The molecule has 0 saturated heterocycles. The van der Waals surface area contributed by atoms with Gasteiger partial charge in [-0.05, 0) is 46.1 Å². The number of ether oxygens (including phenoxy) is 1. The lowest BCUT2D eigenvalue weighted by Gasteiger charge is -2.17. The van der Waals surface area contributed by atoms with Crippen LogP contribution in [0.15, 0.2) is 30.3 Å². The number of esters is 1. The molecule has 0 unspecified atom stereocenters. The van der Waals surface area contributed by atoms with Crippen molar-refractivity contribution in [3.63, 3.8) is 0 Å². The number of tetrazole rings is 2. The Morgan fingerprint density at radius 1 is 1.00 bits per heavy atom. The number of aromatic nitrogens is 8. The van der Waals surface area contributed by atoms with Crippen LogP contribution in [0.3, 0.4) is 0 Å². The highest BCUT2D eigenvalue weighted by Gasteiger charge is 2.19. The number of carbonyl (C=O) groups is 1. The minimum Gasteiger partial charge on any atom is -0.425 e. The zero-order valence-corrected chi connectivity index (χ0v) is 15.3. The molecule has 0 aliphatic heterocycles. The first-order valence-corrected chi connectivity index (χ1v) is 8.72.